The first kappa shape index (κ1) is 19.0. The Morgan fingerprint density at radius 2 is 1.67 bits per heavy atom. The molecule has 0 radical (unpaired) electrons. The van der Waals surface area contributed by atoms with Gasteiger partial charge in [-0.2, -0.15) is 0 Å². The average molecular weight is 297 g/mol. The van der Waals surface area contributed by atoms with Crippen LogP contribution in [0.25, 0.3) is 0 Å². The van der Waals surface area contributed by atoms with Gasteiger partial charge >= 0.3 is 0 Å². The summed E-state index contributed by atoms with van der Waals surface area (Å²) in [6.07, 6.45) is 8.07. The third-order valence-corrected chi connectivity index (χ3v) is 5.90. The van der Waals surface area contributed by atoms with Crippen molar-refractivity contribution < 1.29 is 0 Å². The van der Waals surface area contributed by atoms with E-state index in [-0.39, 0.29) is 0 Å². The quantitative estimate of drug-likeness (QED) is 0.699. The Morgan fingerprint density at radius 3 is 2.10 bits per heavy atom. The Bertz CT molecular complexity index is 282. The monoisotopic (exact) mass is 296 g/mol. The highest BCUT2D eigenvalue weighted by Gasteiger charge is 2.33. The van der Waals surface area contributed by atoms with Gasteiger partial charge in [0.25, 0.3) is 0 Å². The molecule has 0 atom stereocenters. The minimum atomic E-state index is 0.436. The number of hydrogen-bond acceptors (Lipinski definition) is 2. The van der Waals surface area contributed by atoms with E-state index in [1.165, 1.54) is 45.1 Å². The van der Waals surface area contributed by atoms with Crippen LogP contribution >= 0.6 is 0 Å². The molecule has 1 N–H and O–H groups in total. The fraction of sp³-hybridized carbons (Fsp3) is 1.00. The van der Waals surface area contributed by atoms with Gasteiger partial charge in [-0.1, -0.05) is 41.5 Å². The minimum Gasteiger partial charge on any atom is -0.314 e. The van der Waals surface area contributed by atoms with E-state index < -0.39 is 0 Å². The van der Waals surface area contributed by atoms with Gasteiger partial charge in [0.2, 0.25) is 0 Å². The molecule has 0 heterocycles. The molecule has 0 aromatic rings. The Morgan fingerprint density at radius 1 is 1.14 bits per heavy atom. The smallest absolute Gasteiger partial charge is 0.00928 e. The highest BCUT2D eigenvalue weighted by molar-refractivity contribution is 4.88. The molecule has 0 aromatic heterocycles. The van der Waals surface area contributed by atoms with Gasteiger partial charge in [-0.05, 0) is 56.4 Å². The zero-order chi connectivity index (χ0) is 16.1. The van der Waals surface area contributed by atoms with Gasteiger partial charge in [0.1, 0.15) is 0 Å². The maximum atomic E-state index is 3.68. The SMILES string of the molecule is CCC(CC)(CNC(C)C)CN(C)C1CCC(C)(C)CC1. The highest BCUT2D eigenvalue weighted by atomic mass is 15.1. The lowest BCUT2D eigenvalue weighted by Crippen LogP contribution is -2.48. The van der Waals surface area contributed by atoms with E-state index in [9.17, 15) is 0 Å². The average Bonchev–Trinajstić information content (AvgIpc) is 2.43. The summed E-state index contributed by atoms with van der Waals surface area (Å²) in [6.45, 7) is 16.5. The van der Waals surface area contributed by atoms with E-state index >= 15 is 0 Å². The molecule has 0 aromatic carbocycles. The molecule has 21 heavy (non-hydrogen) atoms. The topological polar surface area (TPSA) is 15.3 Å². The van der Waals surface area contributed by atoms with Gasteiger partial charge in [-0.15, -0.1) is 0 Å². The molecule has 0 spiro atoms. The molecule has 1 fully saturated rings. The lowest BCUT2D eigenvalue weighted by atomic mass is 9.74. The van der Waals surface area contributed by atoms with Crippen molar-refractivity contribution in [3.63, 3.8) is 0 Å². The molecule has 126 valence electrons. The lowest BCUT2D eigenvalue weighted by Gasteiger charge is -2.43. The van der Waals surface area contributed by atoms with Crippen LogP contribution in [0.4, 0.5) is 0 Å². The molecule has 2 nitrogen and oxygen atoms in total. The summed E-state index contributed by atoms with van der Waals surface area (Å²) in [6, 6.07) is 1.39. The first-order chi connectivity index (χ1) is 9.73. The van der Waals surface area contributed by atoms with Crippen LogP contribution < -0.4 is 5.32 Å². The second-order valence-corrected chi connectivity index (χ2v) is 8.55. The molecule has 0 saturated heterocycles. The van der Waals surface area contributed by atoms with E-state index in [1.54, 1.807) is 0 Å². The van der Waals surface area contributed by atoms with Crippen molar-refractivity contribution in [1.29, 1.82) is 0 Å². The zero-order valence-electron chi connectivity index (χ0n) is 15.8. The van der Waals surface area contributed by atoms with Gasteiger partial charge in [0.15, 0.2) is 0 Å². The van der Waals surface area contributed by atoms with Gasteiger partial charge < -0.3 is 10.2 Å². The standard InChI is InChI=1S/C19H40N2/c1-8-19(9-2,14-20-16(3)4)15-21(7)17-10-12-18(5,6)13-11-17/h16-17,20H,8-15H2,1-7H3. The van der Waals surface area contributed by atoms with Crippen molar-refractivity contribution >= 4 is 0 Å². The number of nitrogens with one attached hydrogen (secondary N) is 1. The van der Waals surface area contributed by atoms with E-state index in [0.717, 1.165) is 12.6 Å². The van der Waals surface area contributed by atoms with Crippen LogP contribution in [0.15, 0.2) is 0 Å². The van der Waals surface area contributed by atoms with Crippen molar-refractivity contribution in [2.75, 3.05) is 20.1 Å². The summed E-state index contributed by atoms with van der Waals surface area (Å²) in [5, 5.41) is 3.68. The van der Waals surface area contributed by atoms with Gasteiger partial charge in [-0.25, -0.2) is 0 Å². The second-order valence-electron chi connectivity index (χ2n) is 8.55. The summed E-state index contributed by atoms with van der Waals surface area (Å²) in [4.78, 5) is 2.67. The van der Waals surface area contributed by atoms with Gasteiger partial charge in [0, 0.05) is 25.2 Å². The van der Waals surface area contributed by atoms with E-state index in [4.69, 9.17) is 0 Å². The second kappa shape index (κ2) is 7.97. The van der Waals surface area contributed by atoms with Crippen LogP contribution in [0.3, 0.4) is 0 Å². The van der Waals surface area contributed by atoms with Crippen LogP contribution in [0.1, 0.15) is 80.1 Å². The molecule has 1 rings (SSSR count). The summed E-state index contributed by atoms with van der Waals surface area (Å²) >= 11 is 0. The van der Waals surface area contributed by atoms with Crippen molar-refractivity contribution in [3.8, 4) is 0 Å². The Hall–Kier alpha value is -0.0800. The maximum absolute atomic E-state index is 3.68. The normalized spacial score (nSPS) is 20.4. The number of hydrogen-bond donors (Lipinski definition) is 1. The largest absolute Gasteiger partial charge is 0.314 e. The molecule has 0 unspecified atom stereocenters. The minimum absolute atomic E-state index is 0.436. The third-order valence-electron chi connectivity index (χ3n) is 5.90. The third kappa shape index (κ3) is 5.90. The summed E-state index contributed by atoms with van der Waals surface area (Å²) in [5.41, 5.74) is 1.01. The van der Waals surface area contributed by atoms with Crippen molar-refractivity contribution in [2.45, 2.75) is 92.2 Å². The van der Waals surface area contributed by atoms with Gasteiger partial charge in [0.05, 0.1) is 0 Å². The van der Waals surface area contributed by atoms with Crippen molar-refractivity contribution in [2.24, 2.45) is 10.8 Å². The predicted octanol–water partition coefficient (Wildman–Crippen LogP) is 4.69. The zero-order valence-corrected chi connectivity index (χ0v) is 15.8. The number of rotatable bonds is 8. The van der Waals surface area contributed by atoms with Gasteiger partial charge in [-0.3, -0.25) is 0 Å². The van der Waals surface area contributed by atoms with E-state index in [2.05, 4.69) is 58.8 Å². The molecule has 0 aliphatic heterocycles. The molecule has 0 bridgehead atoms. The van der Waals surface area contributed by atoms with Crippen LogP contribution in [-0.2, 0) is 0 Å². The van der Waals surface area contributed by atoms with Crippen molar-refractivity contribution in [3.05, 3.63) is 0 Å². The Balaban J connectivity index is 2.58. The Kier molecular flexibility index (Phi) is 7.19. The fourth-order valence-corrected chi connectivity index (χ4v) is 3.68. The Labute approximate surface area is 134 Å². The fourth-order valence-electron chi connectivity index (χ4n) is 3.68. The number of nitrogens with zero attached hydrogens (tertiary/aromatic N) is 1. The lowest BCUT2D eigenvalue weighted by molar-refractivity contribution is 0.0767. The molecular weight excluding hydrogens is 256 g/mol. The van der Waals surface area contributed by atoms with Crippen LogP contribution in [-0.4, -0.2) is 37.1 Å². The summed E-state index contributed by atoms with van der Waals surface area (Å²) in [5.74, 6) is 0. The van der Waals surface area contributed by atoms with Crippen molar-refractivity contribution in [1.82, 2.24) is 10.2 Å². The van der Waals surface area contributed by atoms with E-state index in [0.29, 0.717) is 16.9 Å². The maximum Gasteiger partial charge on any atom is 0.00928 e. The summed E-state index contributed by atoms with van der Waals surface area (Å²) < 4.78 is 0. The first-order valence-corrected chi connectivity index (χ1v) is 9.17. The molecule has 2 heteroatoms. The molecule has 1 saturated carbocycles. The van der Waals surface area contributed by atoms with E-state index in [1.807, 2.05) is 0 Å². The molecule has 0 amide bonds. The highest BCUT2D eigenvalue weighted by Crippen LogP contribution is 2.38. The van der Waals surface area contributed by atoms with Crippen LogP contribution in [0.5, 0.6) is 0 Å². The molecule has 1 aliphatic rings. The molecule has 1 aliphatic carbocycles. The van der Waals surface area contributed by atoms with Crippen LogP contribution in [0, 0.1) is 10.8 Å². The first-order valence-electron chi connectivity index (χ1n) is 9.17. The predicted molar refractivity (Wildman–Crippen MR) is 94.8 cm³/mol. The summed E-state index contributed by atoms with van der Waals surface area (Å²) in [7, 11) is 2.36. The van der Waals surface area contributed by atoms with Crippen LogP contribution in [0.2, 0.25) is 0 Å². The molecular formula is C19H40N2.